The number of hydrogen-bond donors (Lipinski definition) is 2. The van der Waals surface area contributed by atoms with Crippen LogP contribution in [0.3, 0.4) is 0 Å². The van der Waals surface area contributed by atoms with Gasteiger partial charge in [0, 0.05) is 6.54 Å². The van der Waals surface area contributed by atoms with Crippen molar-refractivity contribution in [2.45, 2.75) is 19.4 Å². The molecule has 1 aliphatic carbocycles. The molecule has 0 saturated heterocycles. The first-order chi connectivity index (χ1) is 8.08. The first-order valence-corrected chi connectivity index (χ1v) is 6.98. The molecule has 4 nitrogen and oxygen atoms in total. The first-order valence-electron chi connectivity index (χ1n) is 5.31. The molecule has 0 bridgehead atoms. The van der Waals surface area contributed by atoms with Gasteiger partial charge in [-0.15, -0.1) is 11.3 Å². The molecule has 0 radical (unpaired) electrons. The molecule has 0 aromatic carbocycles. The lowest BCUT2D eigenvalue weighted by Gasteiger charge is -2.31. The summed E-state index contributed by atoms with van der Waals surface area (Å²) in [5.74, 6) is -1.86. The van der Waals surface area contributed by atoms with Crippen molar-refractivity contribution in [3.63, 3.8) is 0 Å². The second-order valence-corrected chi connectivity index (χ2v) is 6.40. The molecule has 6 heteroatoms. The molecule has 0 spiro atoms. The lowest BCUT2D eigenvalue weighted by atomic mass is 9.73. The van der Waals surface area contributed by atoms with Crippen molar-refractivity contribution in [2.75, 3.05) is 0 Å². The van der Waals surface area contributed by atoms with E-state index < -0.39 is 11.9 Å². The van der Waals surface area contributed by atoms with Gasteiger partial charge in [0.1, 0.15) is 0 Å². The van der Waals surface area contributed by atoms with Gasteiger partial charge in [0.05, 0.1) is 15.6 Å². The molecular formula is C11H12BrNO3S. The summed E-state index contributed by atoms with van der Waals surface area (Å²) in [4.78, 5) is 22.5. The SMILES string of the molecule is O=C(O)C1CCC1C(=O)NCc1csc(Br)c1. The van der Waals surface area contributed by atoms with Crippen molar-refractivity contribution in [2.24, 2.45) is 11.8 Å². The number of carboxylic acids is 1. The molecule has 2 rings (SSSR count). The third-order valence-corrected chi connectivity index (χ3v) is 4.57. The number of thiophene rings is 1. The van der Waals surface area contributed by atoms with Crippen LogP contribution < -0.4 is 5.32 Å². The molecule has 1 fully saturated rings. The molecule has 17 heavy (non-hydrogen) atoms. The van der Waals surface area contributed by atoms with E-state index in [4.69, 9.17) is 5.11 Å². The van der Waals surface area contributed by atoms with E-state index in [1.54, 1.807) is 11.3 Å². The van der Waals surface area contributed by atoms with Crippen LogP contribution in [0.5, 0.6) is 0 Å². The van der Waals surface area contributed by atoms with Crippen molar-refractivity contribution in [3.05, 3.63) is 20.8 Å². The van der Waals surface area contributed by atoms with E-state index in [-0.39, 0.29) is 11.8 Å². The monoisotopic (exact) mass is 317 g/mol. The Labute approximate surface area is 111 Å². The van der Waals surface area contributed by atoms with Crippen molar-refractivity contribution < 1.29 is 14.7 Å². The van der Waals surface area contributed by atoms with E-state index in [0.29, 0.717) is 19.4 Å². The number of carbonyl (C=O) groups is 2. The van der Waals surface area contributed by atoms with Gasteiger partial charge in [0.25, 0.3) is 0 Å². The Kier molecular flexibility index (Phi) is 3.83. The predicted octanol–water partition coefficient (Wildman–Crippen LogP) is 2.24. The van der Waals surface area contributed by atoms with Crippen LogP contribution in [0, 0.1) is 11.8 Å². The third kappa shape index (κ3) is 2.87. The maximum Gasteiger partial charge on any atom is 0.307 e. The van der Waals surface area contributed by atoms with Gasteiger partial charge >= 0.3 is 5.97 Å². The Balaban J connectivity index is 1.84. The molecule has 92 valence electrons. The van der Waals surface area contributed by atoms with Crippen molar-refractivity contribution in [3.8, 4) is 0 Å². The van der Waals surface area contributed by atoms with E-state index in [1.165, 1.54) is 0 Å². The summed E-state index contributed by atoms with van der Waals surface area (Å²) in [6.07, 6.45) is 1.29. The Hall–Kier alpha value is -0.880. The van der Waals surface area contributed by atoms with Crippen molar-refractivity contribution in [1.82, 2.24) is 5.32 Å². The lowest BCUT2D eigenvalue weighted by molar-refractivity contribution is -0.152. The Bertz CT molecular complexity index is 446. The van der Waals surface area contributed by atoms with Gasteiger partial charge in [-0.3, -0.25) is 9.59 Å². The minimum atomic E-state index is -0.866. The maximum absolute atomic E-state index is 11.7. The second-order valence-electron chi connectivity index (χ2n) is 4.11. The fraction of sp³-hybridized carbons (Fsp3) is 0.455. The van der Waals surface area contributed by atoms with Crippen LogP contribution in [0.4, 0.5) is 0 Å². The van der Waals surface area contributed by atoms with E-state index in [9.17, 15) is 9.59 Å². The van der Waals surface area contributed by atoms with E-state index >= 15 is 0 Å². The highest BCUT2D eigenvalue weighted by atomic mass is 79.9. The second kappa shape index (κ2) is 5.18. The Morgan fingerprint density at radius 2 is 2.18 bits per heavy atom. The molecule has 0 aliphatic heterocycles. The number of halogens is 1. The van der Waals surface area contributed by atoms with Crippen LogP contribution in [0.25, 0.3) is 0 Å². The number of nitrogens with one attached hydrogen (secondary N) is 1. The zero-order valence-corrected chi connectivity index (χ0v) is 11.4. The summed E-state index contributed by atoms with van der Waals surface area (Å²) in [5.41, 5.74) is 1.03. The maximum atomic E-state index is 11.7. The summed E-state index contributed by atoms with van der Waals surface area (Å²) in [6, 6.07) is 1.94. The van der Waals surface area contributed by atoms with Crippen LogP contribution in [0.15, 0.2) is 15.2 Å². The third-order valence-electron chi connectivity index (χ3n) is 3.02. The van der Waals surface area contributed by atoms with Crippen LogP contribution in [0.1, 0.15) is 18.4 Å². The van der Waals surface area contributed by atoms with Gasteiger partial charge in [-0.1, -0.05) is 0 Å². The smallest absolute Gasteiger partial charge is 0.307 e. The highest BCUT2D eigenvalue weighted by molar-refractivity contribution is 9.11. The van der Waals surface area contributed by atoms with Crippen LogP contribution in [-0.4, -0.2) is 17.0 Å². The van der Waals surface area contributed by atoms with Gasteiger partial charge in [-0.05, 0) is 45.8 Å². The zero-order chi connectivity index (χ0) is 12.4. The summed E-state index contributed by atoms with van der Waals surface area (Å²) in [7, 11) is 0. The van der Waals surface area contributed by atoms with Gasteiger partial charge in [-0.2, -0.15) is 0 Å². The number of carboxylic acid groups (broad SMARTS) is 1. The molecule has 2 unspecified atom stereocenters. The van der Waals surface area contributed by atoms with Gasteiger partial charge in [0.15, 0.2) is 0 Å². The van der Waals surface area contributed by atoms with Gasteiger partial charge < -0.3 is 10.4 Å². The molecule has 2 N–H and O–H groups in total. The molecule has 1 amide bonds. The summed E-state index contributed by atoms with van der Waals surface area (Å²) >= 11 is 4.91. The summed E-state index contributed by atoms with van der Waals surface area (Å²) < 4.78 is 1.02. The minimum absolute atomic E-state index is 0.147. The summed E-state index contributed by atoms with van der Waals surface area (Å²) in [5, 5.41) is 13.6. The predicted molar refractivity (Wildman–Crippen MR) is 67.7 cm³/mol. The van der Waals surface area contributed by atoms with Gasteiger partial charge in [0.2, 0.25) is 5.91 Å². The summed E-state index contributed by atoms with van der Waals surface area (Å²) in [6.45, 7) is 0.462. The number of aliphatic carboxylic acids is 1. The molecule has 1 aromatic heterocycles. The normalized spacial score (nSPS) is 22.9. The molecule has 2 atom stereocenters. The average molecular weight is 318 g/mol. The average Bonchev–Trinajstić information content (AvgIpc) is 2.58. The molecule has 1 saturated carbocycles. The Morgan fingerprint density at radius 3 is 2.65 bits per heavy atom. The number of hydrogen-bond acceptors (Lipinski definition) is 3. The fourth-order valence-electron chi connectivity index (χ4n) is 1.87. The van der Waals surface area contributed by atoms with E-state index in [1.807, 2.05) is 11.4 Å². The van der Waals surface area contributed by atoms with Crippen LogP contribution in [-0.2, 0) is 16.1 Å². The van der Waals surface area contributed by atoms with Crippen LogP contribution >= 0.6 is 27.3 Å². The molecule has 1 aliphatic rings. The van der Waals surface area contributed by atoms with Crippen LogP contribution in [0.2, 0.25) is 0 Å². The molecule has 1 heterocycles. The lowest BCUT2D eigenvalue weighted by Crippen LogP contribution is -2.43. The molecule has 1 aromatic rings. The van der Waals surface area contributed by atoms with Crippen molar-refractivity contribution in [1.29, 1.82) is 0 Å². The molecular weight excluding hydrogens is 306 g/mol. The number of rotatable bonds is 4. The minimum Gasteiger partial charge on any atom is -0.481 e. The highest BCUT2D eigenvalue weighted by Crippen LogP contribution is 2.34. The number of amides is 1. The van der Waals surface area contributed by atoms with Gasteiger partial charge in [-0.25, -0.2) is 0 Å². The van der Waals surface area contributed by atoms with Crippen molar-refractivity contribution >= 4 is 39.1 Å². The van der Waals surface area contributed by atoms with E-state index in [0.717, 1.165) is 9.35 Å². The standard InChI is InChI=1S/C11H12BrNO3S/c12-9-3-6(5-17-9)4-13-10(14)7-1-2-8(7)11(15)16/h3,5,7-8H,1-2,4H2,(H,13,14)(H,15,16). The van der Waals surface area contributed by atoms with E-state index in [2.05, 4.69) is 21.2 Å². The topological polar surface area (TPSA) is 66.4 Å². The fourth-order valence-corrected chi connectivity index (χ4v) is 3.08. The number of carbonyl (C=O) groups excluding carboxylic acids is 1. The first kappa shape index (κ1) is 12.6. The zero-order valence-electron chi connectivity index (χ0n) is 8.98. The highest BCUT2D eigenvalue weighted by Gasteiger charge is 2.41. The quantitative estimate of drug-likeness (QED) is 0.895. The Morgan fingerprint density at radius 1 is 1.47 bits per heavy atom. The largest absolute Gasteiger partial charge is 0.481 e.